The molecule has 0 atom stereocenters. The topological polar surface area (TPSA) is 82.3 Å². The molecular formula is C15H8N2O4. The fraction of sp³-hybridized carbons (Fsp3) is 0. The Bertz CT molecular complexity index is 967. The number of fused-ring (bicyclic) bond motifs is 1. The standard InChI is InChI=1S/C15H8N2O4/c18-15-10(8-9-4-1-2-5-11(9)20-15)13-16-17-14(21-13)12-6-3-7-19-12/h1-8H. The third-order valence-electron chi connectivity index (χ3n) is 3.03. The van der Waals surface area contributed by atoms with Crippen LogP contribution in [0.3, 0.4) is 0 Å². The summed E-state index contributed by atoms with van der Waals surface area (Å²) in [6.07, 6.45) is 1.50. The molecule has 0 saturated carbocycles. The van der Waals surface area contributed by atoms with Crippen LogP contribution in [0.1, 0.15) is 0 Å². The highest BCUT2D eigenvalue weighted by molar-refractivity contribution is 5.80. The molecule has 4 rings (SSSR count). The molecule has 0 N–H and O–H groups in total. The van der Waals surface area contributed by atoms with Crippen molar-refractivity contribution < 1.29 is 13.3 Å². The van der Waals surface area contributed by atoms with Gasteiger partial charge in [-0.2, -0.15) is 0 Å². The maximum absolute atomic E-state index is 12.0. The smallest absolute Gasteiger partial charge is 0.349 e. The summed E-state index contributed by atoms with van der Waals surface area (Å²) in [5.41, 5.74) is 0.208. The SMILES string of the molecule is O=c1oc2ccccc2cc1-c1nnc(-c2ccco2)o1. The highest BCUT2D eigenvalue weighted by atomic mass is 16.4. The molecule has 6 heteroatoms. The van der Waals surface area contributed by atoms with Gasteiger partial charge in [-0.05, 0) is 24.3 Å². The van der Waals surface area contributed by atoms with Gasteiger partial charge < -0.3 is 13.3 Å². The van der Waals surface area contributed by atoms with Gasteiger partial charge >= 0.3 is 5.63 Å². The Labute approximate surface area is 117 Å². The minimum absolute atomic E-state index is 0.0981. The molecule has 0 saturated heterocycles. The Balaban J connectivity index is 1.87. The molecule has 0 unspecified atom stereocenters. The highest BCUT2D eigenvalue weighted by Crippen LogP contribution is 2.24. The number of rotatable bonds is 2. The minimum atomic E-state index is -0.525. The molecule has 4 aromatic rings. The quantitative estimate of drug-likeness (QED) is 0.525. The predicted octanol–water partition coefficient (Wildman–Crippen LogP) is 3.10. The van der Waals surface area contributed by atoms with Crippen LogP contribution in [-0.2, 0) is 0 Å². The molecule has 6 nitrogen and oxygen atoms in total. The Morgan fingerprint density at radius 3 is 2.62 bits per heavy atom. The lowest BCUT2D eigenvalue weighted by molar-refractivity contribution is 0.517. The maximum Gasteiger partial charge on any atom is 0.349 e. The first-order chi connectivity index (χ1) is 10.3. The van der Waals surface area contributed by atoms with E-state index < -0.39 is 5.63 Å². The number of hydrogen-bond donors (Lipinski definition) is 0. The van der Waals surface area contributed by atoms with E-state index in [0.29, 0.717) is 11.3 Å². The molecule has 0 aliphatic rings. The van der Waals surface area contributed by atoms with Gasteiger partial charge in [0.15, 0.2) is 5.76 Å². The second-order valence-electron chi connectivity index (χ2n) is 4.38. The Hall–Kier alpha value is -3.15. The summed E-state index contributed by atoms with van der Waals surface area (Å²) < 4.78 is 15.9. The lowest BCUT2D eigenvalue weighted by atomic mass is 10.2. The summed E-state index contributed by atoms with van der Waals surface area (Å²) >= 11 is 0. The zero-order valence-electron chi connectivity index (χ0n) is 10.6. The van der Waals surface area contributed by atoms with Crippen LogP contribution in [0.5, 0.6) is 0 Å². The van der Waals surface area contributed by atoms with Gasteiger partial charge in [-0.15, -0.1) is 10.2 Å². The molecule has 0 aliphatic heterocycles. The summed E-state index contributed by atoms with van der Waals surface area (Å²) in [6, 6.07) is 12.3. The van der Waals surface area contributed by atoms with Crippen molar-refractivity contribution in [3.05, 3.63) is 59.1 Å². The van der Waals surface area contributed by atoms with Crippen LogP contribution in [0.25, 0.3) is 34.1 Å². The molecule has 3 heterocycles. The average Bonchev–Trinajstić information content (AvgIpc) is 3.17. The minimum Gasteiger partial charge on any atom is -0.459 e. The van der Waals surface area contributed by atoms with Gasteiger partial charge in [0.2, 0.25) is 0 Å². The van der Waals surface area contributed by atoms with E-state index in [2.05, 4.69) is 10.2 Å². The van der Waals surface area contributed by atoms with Crippen molar-refractivity contribution in [1.82, 2.24) is 10.2 Å². The van der Waals surface area contributed by atoms with E-state index in [-0.39, 0.29) is 17.3 Å². The zero-order chi connectivity index (χ0) is 14.2. The van der Waals surface area contributed by atoms with E-state index in [1.807, 2.05) is 12.1 Å². The van der Waals surface area contributed by atoms with Crippen molar-refractivity contribution >= 4 is 11.0 Å². The largest absolute Gasteiger partial charge is 0.459 e. The molecule has 21 heavy (non-hydrogen) atoms. The summed E-state index contributed by atoms with van der Waals surface area (Å²) in [4.78, 5) is 12.0. The van der Waals surface area contributed by atoms with E-state index in [0.717, 1.165) is 5.39 Å². The van der Waals surface area contributed by atoms with Crippen LogP contribution in [0.2, 0.25) is 0 Å². The number of para-hydroxylation sites is 1. The summed E-state index contributed by atoms with van der Waals surface area (Å²) in [6.45, 7) is 0. The monoisotopic (exact) mass is 280 g/mol. The predicted molar refractivity (Wildman–Crippen MR) is 73.5 cm³/mol. The van der Waals surface area contributed by atoms with Crippen molar-refractivity contribution in [2.75, 3.05) is 0 Å². The zero-order valence-corrected chi connectivity index (χ0v) is 10.6. The first-order valence-corrected chi connectivity index (χ1v) is 6.22. The Morgan fingerprint density at radius 2 is 1.76 bits per heavy atom. The van der Waals surface area contributed by atoms with Crippen LogP contribution < -0.4 is 5.63 Å². The Morgan fingerprint density at radius 1 is 0.905 bits per heavy atom. The molecule has 102 valence electrons. The van der Waals surface area contributed by atoms with Crippen molar-refractivity contribution in [3.8, 4) is 23.1 Å². The number of nitrogens with zero attached hydrogens (tertiary/aromatic N) is 2. The van der Waals surface area contributed by atoms with Gasteiger partial charge in [0.1, 0.15) is 11.1 Å². The van der Waals surface area contributed by atoms with Crippen LogP contribution in [0.4, 0.5) is 0 Å². The molecule has 0 radical (unpaired) electrons. The second kappa shape index (κ2) is 4.45. The number of benzene rings is 1. The van der Waals surface area contributed by atoms with Crippen LogP contribution in [0.15, 0.2) is 66.8 Å². The molecule has 0 bridgehead atoms. The summed E-state index contributed by atoms with van der Waals surface area (Å²) in [5, 5.41) is 8.52. The van der Waals surface area contributed by atoms with E-state index in [1.165, 1.54) is 6.26 Å². The highest BCUT2D eigenvalue weighted by Gasteiger charge is 2.16. The van der Waals surface area contributed by atoms with Crippen LogP contribution >= 0.6 is 0 Å². The van der Waals surface area contributed by atoms with Crippen molar-refractivity contribution in [2.45, 2.75) is 0 Å². The van der Waals surface area contributed by atoms with E-state index >= 15 is 0 Å². The molecular weight excluding hydrogens is 272 g/mol. The maximum atomic E-state index is 12.0. The Kier molecular flexibility index (Phi) is 2.47. The molecule has 1 aromatic carbocycles. The van der Waals surface area contributed by atoms with Gasteiger partial charge in [-0.1, -0.05) is 18.2 Å². The number of aromatic nitrogens is 2. The fourth-order valence-electron chi connectivity index (χ4n) is 2.04. The second-order valence-corrected chi connectivity index (χ2v) is 4.38. The van der Waals surface area contributed by atoms with E-state index in [4.69, 9.17) is 13.3 Å². The van der Waals surface area contributed by atoms with Gasteiger partial charge in [0, 0.05) is 5.39 Å². The summed E-state index contributed by atoms with van der Waals surface area (Å²) in [5.74, 6) is 0.752. The van der Waals surface area contributed by atoms with Crippen molar-refractivity contribution in [2.24, 2.45) is 0 Å². The van der Waals surface area contributed by atoms with Crippen LogP contribution in [-0.4, -0.2) is 10.2 Å². The first kappa shape index (κ1) is 11.7. The lowest BCUT2D eigenvalue weighted by Crippen LogP contribution is -2.02. The average molecular weight is 280 g/mol. The first-order valence-electron chi connectivity index (χ1n) is 6.22. The van der Waals surface area contributed by atoms with Crippen LogP contribution in [0, 0.1) is 0 Å². The fourth-order valence-corrected chi connectivity index (χ4v) is 2.04. The van der Waals surface area contributed by atoms with Gasteiger partial charge in [0.05, 0.1) is 6.26 Å². The van der Waals surface area contributed by atoms with Crippen molar-refractivity contribution in [3.63, 3.8) is 0 Å². The van der Waals surface area contributed by atoms with E-state index in [1.54, 1.807) is 30.3 Å². The third kappa shape index (κ3) is 1.93. The molecule has 0 aliphatic carbocycles. The van der Waals surface area contributed by atoms with E-state index in [9.17, 15) is 4.79 Å². The third-order valence-corrected chi connectivity index (χ3v) is 3.03. The molecule has 0 amide bonds. The molecule has 0 fully saturated rings. The number of hydrogen-bond acceptors (Lipinski definition) is 6. The summed E-state index contributed by atoms with van der Waals surface area (Å²) in [7, 11) is 0. The molecule has 0 spiro atoms. The van der Waals surface area contributed by atoms with Gasteiger partial charge in [-0.3, -0.25) is 0 Å². The van der Waals surface area contributed by atoms with Gasteiger partial charge in [0.25, 0.3) is 11.8 Å². The van der Waals surface area contributed by atoms with Gasteiger partial charge in [-0.25, -0.2) is 4.79 Å². The normalized spacial score (nSPS) is 11.0. The number of furan rings is 1. The van der Waals surface area contributed by atoms with Crippen molar-refractivity contribution in [1.29, 1.82) is 0 Å². The molecule has 3 aromatic heterocycles. The lowest BCUT2D eigenvalue weighted by Gasteiger charge is -1.97.